The van der Waals surface area contributed by atoms with Crippen molar-refractivity contribution in [2.75, 3.05) is 55.4 Å². The molecule has 0 amide bonds. The standard InChI is InChI=1S/C9H14N6O3.Mo.2O/c1-13(16)7-10-8(14(2)17)12-9(11-7)15-3-5-18-6-4-15;;;/h3-6H2,1-2H3;;;/q-2;;2*-2. The molecule has 0 bridgehead atoms. The number of ether oxygens (including phenoxy) is 1. The van der Waals surface area contributed by atoms with Gasteiger partial charge in [-0.25, -0.2) is 0 Å². The van der Waals surface area contributed by atoms with Gasteiger partial charge in [-0.15, -0.1) is 0 Å². The Hall–Kier alpha value is -1.10. The van der Waals surface area contributed by atoms with Crippen molar-refractivity contribution in [3.05, 3.63) is 10.4 Å². The van der Waals surface area contributed by atoms with E-state index in [4.69, 9.17) is 4.74 Å². The van der Waals surface area contributed by atoms with Gasteiger partial charge >= 0.3 is 0 Å². The molecule has 1 aromatic rings. The maximum atomic E-state index is 11.3. The molecule has 1 fully saturated rings. The van der Waals surface area contributed by atoms with Crippen molar-refractivity contribution in [1.29, 1.82) is 0 Å². The molecule has 1 aliphatic heterocycles. The zero-order valence-electron chi connectivity index (χ0n) is 11.5. The Morgan fingerprint density at radius 1 is 0.952 bits per heavy atom. The van der Waals surface area contributed by atoms with Crippen molar-refractivity contribution < 1.29 is 36.8 Å². The summed E-state index contributed by atoms with van der Waals surface area (Å²) in [6, 6.07) is 0. The third-order valence-corrected chi connectivity index (χ3v) is 2.46. The van der Waals surface area contributed by atoms with Crippen LogP contribution in [0, 0.1) is 10.4 Å². The fourth-order valence-electron chi connectivity index (χ4n) is 1.53. The van der Waals surface area contributed by atoms with Gasteiger partial charge in [-0.3, -0.25) is 0 Å². The van der Waals surface area contributed by atoms with Gasteiger partial charge in [0.05, 0.1) is 13.2 Å². The van der Waals surface area contributed by atoms with E-state index in [-0.39, 0.29) is 43.9 Å². The molecule has 2 rings (SSSR count). The van der Waals surface area contributed by atoms with Gasteiger partial charge in [-0.2, -0.15) is 15.0 Å². The van der Waals surface area contributed by atoms with E-state index in [9.17, 15) is 10.4 Å². The van der Waals surface area contributed by atoms with Crippen LogP contribution in [0.2, 0.25) is 0 Å². The first-order chi connectivity index (χ1) is 8.58. The van der Waals surface area contributed by atoms with Gasteiger partial charge in [0.2, 0.25) is 17.8 Å². The number of hydrogen-bond donors (Lipinski definition) is 0. The molecule has 12 heteroatoms. The van der Waals surface area contributed by atoms with Crippen molar-refractivity contribution in [3.63, 3.8) is 0 Å². The molecule has 0 N–H and O–H groups in total. The quantitative estimate of drug-likeness (QED) is 0.488. The van der Waals surface area contributed by atoms with Crippen LogP contribution in [0.4, 0.5) is 17.8 Å². The van der Waals surface area contributed by atoms with Crippen LogP contribution in [0.5, 0.6) is 0 Å². The molecule has 21 heavy (non-hydrogen) atoms. The van der Waals surface area contributed by atoms with Crippen molar-refractivity contribution in [1.82, 2.24) is 15.0 Å². The van der Waals surface area contributed by atoms with Gasteiger partial charge < -0.3 is 41.1 Å². The second-order valence-electron chi connectivity index (χ2n) is 3.83. The molecule has 0 saturated carbocycles. The Labute approximate surface area is 136 Å². The average Bonchev–Trinajstić information content (AvgIpc) is 2.39. The van der Waals surface area contributed by atoms with Gasteiger partial charge in [0, 0.05) is 34.2 Å². The predicted molar refractivity (Wildman–Crippen MR) is 67.8 cm³/mol. The van der Waals surface area contributed by atoms with Gasteiger partial charge in [0.1, 0.15) is 0 Å². The van der Waals surface area contributed by atoms with Crippen LogP contribution in [0.25, 0.3) is 0 Å². The number of rotatable bonds is 3. The summed E-state index contributed by atoms with van der Waals surface area (Å²) in [5.74, 6) is 0.164. The van der Waals surface area contributed by atoms with E-state index in [0.29, 0.717) is 42.4 Å². The summed E-state index contributed by atoms with van der Waals surface area (Å²) in [4.78, 5) is 13.7. The Morgan fingerprint density at radius 3 is 1.76 bits per heavy atom. The number of morpholine rings is 1. The number of anilines is 3. The first-order valence-electron chi connectivity index (χ1n) is 5.48. The summed E-state index contributed by atoms with van der Waals surface area (Å²) in [7, 11) is 2.54. The molecular formula is C9H14MoN6O5-6. The van der Waals surface area contributed by atoms with E-state index in [0.717, 1.165) is 0 Å². The monoisotopic (exact) mass is 384 g/mol. The van der Waals surface area contributed by atoms with Gasteiger partial charge in [-0.05, 0) is 14.1 Å². The number of aromatic nitrogens is 3. The largest absolute Gasteiger partial charge is 2.00 e. The zero-order valence-corrected chi connectivity index (χ0v) is 13.5. The van der Waals surface area contributed by atoms with Crippen molar-refractivity contribution in [2.45, 2.75) is 0 Å². The van der Waals surface area contributed by atoms with Crippen LogP contribution in [-0.2, 0) is 36.8 Å². The van der Waals surface area contributed by atoms with Crippen LogP contribution < -0.4 is 15.0 Å². The fraction of sp³-hybridized carbons (Fsp3) is 0.667. The van der Waals surface area contributed by atoms with Gasteiger partial charge in [0.25, 0.3) is 0 Å². The normalized spacial score (nSPS) is 13.4. The van der Waals surface area contributed by atoms with Crippen LogP contribution in [0.1, 0.15) is 0 Å². The summed E-state index contributed by atoms with van der Waals surface area (Å²) < 4.78 is 5.22. The zero-order chi connectivity index (χ0) is 13.1. The molecule has 0 aliphatic carbocycles. The third-order valence-electron chi connectivity index (χ3n) is 2.46. The van der Waals surface area contributed by atoms with E-state index >= 15 is 0 Å². The van der Waals surface area contributed by atoms with Gasteiger partial charge in [-0.1, -0.05) is 0 Å². The number of hydrogen-bond acceptors (Lipinski definition) is 9. The summed E-state index contributed by atoms with van der Waals surface area (Å²) in [5, 5.41) is 23.5. The first-order valence-corrected chi connectivity index (χ1v) is 5.48. The Morgan fingerprint density at radius 2 is 1.38 bits per heavy atom. The van der Waals surface area contributed by atoms with Crippen LogP contribution in [0.3, 0.4) is 0 Å². The minimum Gasteiger partial charge on any atom is -2.00 e. The van der Waals surface area contributed by atoms with Crippen LogP contribution in [0.15, 0.2) is 0 Å². The van der Waals surface area contributed by atoms with Gasteiger partial charge in [0.15, 0.2) is 0 Å². The minimum absolute atomic E-state index is 0. The van der Waals surface area contributed by atoms with E-state index in [1.807, 2.05) is 4.90 Å². The molecule has 11 nitrogen and oxygen atoms in total. The van der Waals surface area contributed by atoms with E-state index in [2.05, 4.69) is 15.0 Å². The maximum absolute atomic E-state index is 11.3. The fourth-order valence-corrected chi connectivity index (χ4v) is 1.53. The third kappa shape index (κ3) is 5.65. The molecule has 1 aromatic heterocycles. The van der Waals surface area contributed by atoms with E-state index in [1.54, 1.807) is 0 Å². The minimum atomic E-state index is -0.0795. The number of hydroxylamine groups is 2. The Balaban J connectivity index is 0. The van der Waals surface area contributed by atoms with E-state index < -0.39 is 0 Å². The van der Waals surface area contributed by atoms with Crippen molar-refractivity contribution >= 4 is 17.8 Å². The Kier molecular flexibility index (Phi) is 10.3. The molecule has 1 saturated heterocycles. The van der Waals surface area contributed by atoms with Crippen molar-refractivity contribution in [2.24, 2.45) is 0 Å². The summed E-state index contributed by atoms with van der Waals surface area (Å²) in [5.41, 5.74) is 0. The molecule has 1 aliphatic rings. The van der Waals surface area contributed by atoms with Crippen LogP contribution >= 0.6 is 0 Å². The second-order valence-corrected chi connectivity index (χ2v) is 3.83. The van der Waals surface area contributed by atoms with E-state index in [1.165, 1.54) is 14.1 Å². The first kappa shape index (κ1) is 22.2. The topological polar surface area (TPSA) is 161 Å². The second kappa shape index (κ2) is 9.77. The van der Waals surface area contributed by atoms with Crippen LogP contribution in [-0.4, -0.2) is 55.4 Å². The molecule has 2 heterocycles. The molecular weight excluding hydrogens is 368 g/mol. The molecule has 0 atom stereocenters. The Bertz CT molecular complexity index is 391. The molecule has 0 aromatic carbocycles. The van der Waals surface area contributed by atoms with Crippen molar-refractivity contribution in [3.8, 4) is 0 Å². The average molecular weight is 382 g/mol. The predicted octanol–water partition coefficient (Wildman–Crippen LogP) is -0.664. The molecule has 0 unspecified atom stereocenters. The summed E-state index contributed by atoms with van der Waals surface area (Å²) in [6.07, 6.45) is 0. The SMILES string of the molecule is CN([O-])c1nc(N(C)[O-])nc(N2CCOCC2)n1.[Mo].[O-2].[O-2]. The summed E-state index contributed by atoms with van der Waals surface area (Å²) >= 11 is 0. The molecule has 0 spiro atoms. The summed E-state index contributed by atoms with van der Waals surface area (Å²) in [6.45, 7) is 2.37. The smallest absolute Gasteiger partial charge is 0.232 e. The maximum Gasteiger partial charge on any atom is 0.232 e. The molecule has 0 radical (unpaired) electrons. The molecule has 122 valence electrons. The number of nitrogens with zero attached hydrogens (tertiary/aromatic N) is 6.